The molecule has 29 heavy (non-hydrogen) atoms. The van der Waals surface area contributed by atoms with E-state index in [4.69, 9.17) is 26.1 Å². The molecule has 148 valence electrons. The lowest BCUT2D eigenvalue weighted by atomic mass is 10.1. The molecule has 0 aliphatic carbocycles. The van der Waals surface area contributed by atoms with Crippen LogP contribution in [0.1, 0.15) is 17.0 Å². The number of fused-ring (bicyclic) bond motifs is 1. The van der Waals surface area contributed by atoms with Gasteiger partial charge in [0.2, 0.25) is 0 Å². The molecule has 0 N–H and O–H groups in total. The maximum atomic E-state index is 6.21. The van der Waals surface area contributed by atoms with Crippen LogP contribution in [0, 0.1) is 13.8 Å². The zero-order chi connectivity index (χ0) is 20.2. The topological polar surface area (TPSA) is 36.3 Å². The van der Waals surface area contributed by atoms with Crippen molar-refractivity contribution in [2.24, 2.45) is 0 Å². The summed E-state index contributed by atoms with van der Waals surface area (Å²) < 4.78 is 14.1. The summed E-state index contributed by atoms with van der Waals surface area (Å²) in [6.45, 7) is 5.71. The molecule has 0 spiro atoms. The van der Waals surface area contributed by atoms with Gasteiger partial charge in [0.25, 0.3) is 0 Å². The molecule has 0 bridgehead atoms. The third-order valence-electron chi connectivity index (χ3n) is 4.71. The maximum absolute atomic E-state index is 6.21. The van der Waals surface area contributed by atoms with Gasteiger partial charge in [0.15, 0.2) is 0 Å². The van der Waals surface area contributed by atoms with Gasteiger partial charge in [-0.1, -0.05) is 41.9 Å². The molecule has 4 rings (SSSR count). The molecule has 0 atom stereocenters. The first kappa shape index (κ1) is 19.3. The van der Waals surface area contributed by atoms with Crippen molar-refractivity contribution in [1.29, 1.82) is 0 Å². The monoisotopic (exact) mass is 406 g/mol. The van der Waals surface area contributed by atoms with Gasteiger partial charge in [0, 0.05) is 0 Å². The third kappa shape index (κ3) is 4.54. The highest BCUT2D eigenvalue weighted by molar-refractivity contribution is 6.32. The standard InChI is InChI=1S/C24H23ClN2O2/c1-17-13-18(2)15-19(14-17)28-12-11-27-22-9-5-4-8-21(22)26-24(27)16-29-23-10-6-3-7-20(23)25/h3-10,13-15H,11-12,16H2,1-2H3. The second-order valence-electron chi connectivity index (χ2n) is 7.06. The number of halogens is 1. The lowest BCUT2D eigenvalue weighted by molar-refractivity contribution is 0.272. The van der Waals surface area contributed by atoms with Gasteiger partial charge < -0.3 is 14.0 Å². The minimum atomic E-state index is 0.335. The van der Waals surface area contributed by atoms with Crippen LogP contribution in [-0.4, -0.2) is 16.2 Å². The second kappa shape index (κ2) is 8.58. The first-order valence-electron chi connectivity index (χ1n) is 9.63. The minimum absolute atomic E-state index is 0.335. The largest absolute Gasteiger partial charge is 0.492 e. The average molecular weight is 407 g/mol. The normalized spacial score (nSPS) is 11.0. The molecule has 1 aromatic heterocycles. The van der Waals surface area contributed by atoms with E-state index in [0.29, 0.717) is 30.5 Å². The Kier molecular flexibility index (Phi) is 5.72. The number of para-hydroxylation sites is 3. The van der Waals surface area contributed by atoms with Crippen LogP contribution in [0.2, 0.25) is 5.02 Å². The molecule has 0 aliphatic rings. The Bertz CT molecular complexity index is 1120. The fourth-order valence-corrected chi connectivity index (χ4v) is 3.65. The van der Waals surface area contributed by atoms with E-state index in [1.807, 2.05) is 42.5 Å². The van der Waals surface area contributed by atoms with E-state index >= 15 is 0 Å². The van der Waals surface area contributed by atoms with Gasteiger partial charge >= 0.3 is 0 Å². The van der Waals surface area contributed by atoms with Gasteiger partial charge in [-0.2, -0.15) is 0 Å². The first-order chi connectivity index (χ1) is 14.1. The van der Waals surface area contributed by atoms with Crippen molar-refractivity contribution in [1.82, 2.24) is 9.55 Å². The highest BCUT2D eigenvalue weighted by Crippen LogP contribution is 2.25. The lowest BCUT2D eigenvalue weighted by Crippen LogP contribution is -2.13. The van der Waals surface area contributed by atoms with Gasteiger partial charge in [-0.05, 0) is 61.4 Å². The number of nitrogens with zero attached hydrogens (tertiary/aromatic N) is 2. The van der Waals surface area contributed by atoms with E-state index in [9.17, 15) is 0 Å². The van der Waals surface area contributed by atoms with Crippen LogP contribution >= 0.6 is 11.6 Å². The van der Waals surface area contributed by atoms with E-state index in [-0.39, 0.29) is 0 Å². The van der Waals surface area contributed by atoms with Crippen LogP contribution in [0.5, 0.6) is 11.5 Å². The molecule has 4 nitrogen and oxygen atoms in total. The Balaban J connectivity index is 1.52. The molecule has 0 saturated heterocycles. The number of imidazole rings is 1. The average Bonchev–Trinajstić information content (AvgIpc) is 3.04. The molecule has 0 radical (unpaired) electrons. The number of aromatic nitrogens is 2. The molecule has 0 aliphatic heterocycles. The first-order valence-corrected chi connectivity index (χ1v) is 10.0. The Hall–Kier alpha value is -2.98. The van der Waals surface area contributed by atoms with E-state index in [1.165, 1.54) is 11.1 Å². The van der Waals surface area contributed by atoms with Crippen molar-refractivity contribution >= 4 is 22.6 Å². The summed E-state index contributed by atoms with van der Waals surface area (Å²) in [5, 5.41) is 0.591. The molecular formula is C24H23ClN2O2. The summed E-state index contributed by atoms with van der Waals surface area (Å²) in [5.74, 6) is 2.38. The van der Waals surface area contributed by atoms with Crippen LogP contribution in [-0.2, 0) is 13.2 Å². The number of hydrogen-bond donors (Lipinski definition) is 0. The minimum Gasteiger partial charge on any atom is -0.492 e. The summed E-state index contributed by atoms with van der Waals surface area (Å²) >= 11 is 6.21. The molecule has 1 heterocycles. The zero-order valence-electron chi connectivity index (χ0n) is 16.6. The molecule has 3 aromatic carbocycles. The van der Waals surface area contributed by atoms with Crippen LogP contribution < -0.4 is 9.47 Å². The van der Waals surface area contributed by atoms with Crippen molar-refractivity contribution < 1.29 is 9.47 Å². The van der Waals surface area contributed by atoms with Crippen LogP contribution in [0.25, 0.3) is 11.0 Å². The SMILES string of the molecule is Cc1cc(C)cc(OCCn2c(COc3ccccc3Cl)nc3ccccc32)c1. The third-order valence-corrected chi connectivity index (χ3v) is 5.02. The maximum Gasteiger partial charge on any atom is 0.148 e. The smallest absolute Gasteiger partial charge is 0.148 e. The van der Waals surface area contributed by atoms with Crippen molar-refractivity contribution in [2.45, 2.75) is 27.0 Å². The molecule has 0 saturated carbocycles. The van der Waals surface area contributed by atoms with Gasteiger partial charge in [-0.3, -0.25) is 0 Å². The molecule has 4 aromatic rings. The van der Waals surface area contributed by atoms with Crippen molar-refractivity contribution in [3.63, 3.8) is 0 Å². The van der Waals surface area contributed by atoms with Crippen LogP contribution in [0.3, 0.4) is 0 Å². The Morgan fingerprint density at radius 3 is 2.41 bits per heavy atom. The highest BCUT2D eigenvalue weighted by atomic mass is 35.5. The van der Waals surface area contributed by atoms with E-state index in [0.717, 1.165) is 22.6 Å². The van der Waals surface area contributed by atoms with E-state index in [1.54, 1.807) is 0 Å². The van der Waals surface area contributed by atoms with Gasteiger partial charge in [-0.15, -0.1) is 0 Å². The Morgan fingerprint density at radius 1 is 0.897 bits per heavy atom. The second-order valence-corrected chi connectivity index (χ2v) is 7.47. The fraction of sp³-hybridized carbons (Fsp3) is 0.208. The summed E-state index contributed by atoms with van der Waals surface area (Å²) in [6, 6.07) is 21.8. The van der Waals surface area contributed by atoms with Gasteiger partial charge in [0.05, 0.1) is 22.6 Å². The number of benzene rings is 3. The number of ether oxygens (including phenoxy) is 2. The quantitative estimate of drug-likeness (QED) is 0.379. The number of aryl methyl sites for hydroxylation is 2. The Labute approximate surface area is 175 Å². The predicted molar refractivity (Wildman–Crippen MR) is 117 cm³/mol. The van der Waals surface area contributed by atoms with Gasteiger partial charge in [-0.25, -0.2) is 4.98 Å². The van der Waals surface area contributed by atoms with Crippen molar-refractivity contribution in [3.8, 4) is 11.5 Å². The summed E-state index contributed by atoms with van der Waals surface area (Å²) in [5.41, 5.74) is 4.40. The van der Waals surface area contributed by atoms with Crippen LogP contribution in [0.15, 0.2) is 66.7 Å². The molecule has 0 fully saturated rings. The van der Waals surface area contributed by atoms with Gasteiger partial charge in [0.1, 0.15) is 30.5 Å². The van der Waals surface area contributed by atoms with Crippen molar-refractivity contribution in [2.75, 3.05) is 6.61 Å². The Morgan fingerprint density at radius 2 is 1.62 bits per heavy atom. The lowest BCUT2D eigenvalue weighted by Gasteiger charge is -2.13. The zero-order valence-corrected chi connectivity index (χ0v) is 17.3. The molecule has 5 heteroatoms. The summed E-state index contributed by atoms with van der Waals surface area (Å²) in [7, 11) is 0. The molecule has 0 amide bonds. The fourth-order valence-electron chi connectivity index (χ4n) is 3.46. The van der Waals surface area contributed by atoms with Crippen LogP contribution in [0.4, 0.5) is 0 Å². The summed E-state index contributed by atoms with van der Waals surface area (Å²) in [6.07, 6.45) is 0. The predicted octanol–water partition coefficient (Wildman–Crippen LogP) is 5.96. The summed E-state index contributed by atoms with van der Waals surface area (Å²) in [4.78, 5) is 4.75. The highest BCUT2D eigenvalue weighted by Gasteiger charge is 2.12. The van der Waals surface area contributed by atoms with E-state index in [2.05, 4.69) is 42.7 Å². The number of rotatable bonds is 7. The molecule has 0 unspecified atom stereocenters. The van der Waals surface area contributed by atoms with E-state index < -0.39 is 0 Å². The number of hydrogen-bond acceptors (Lipinski definition) is 3. The molecular weight excluding hydrogens is 384 g/mol. The van der Waals surface area contributed by atoms with Crippen molar-refractivity contribution in [3.05, 3.63) is 88.7 Å².